The molecule has 5 amide bonds. The fourth-order valence-corrected chi connectivity index (χ4v) is 4.46. The molecule has 0 bridgehead atoms. The highest BCUT2D eigenvalue weighted by atomic mass is 16.5. The summed E-state index contributed by atoms with van der Waals surface area (Å²) in [6.07, 6.45) is 0.418. The molecule has 13 nitrogen and oxygen atoms in total. The Kier molecular flexibility index (Phi) is 9.30. The Hall–Kier alpha value is -4.49. The van der Waals surface area contributed by atoms with Crippen LogP contribution in [0.3, 0.4) is 0 Å². The number of rotatable bonds is 12. The lowest BCUT2D eigenvalue weighted by Gasteiger charge is -2.29. The summed E-state index contributed by atoms with van der Waals surface area (Å²) < 4.78 is 15.9. The molecule has 13 heteroatoms. The van der Waals surface area contributed by atoms with Crippen LogP contribution >= 0.6 is 0 Å². The lowest BCUT2D eigenvalue weighted by molar-refractivity contribution is -0.137. The van der Waals surface area contributed by atoms with E-state index in [0.717, 1.165) is 0 Å². The molecule has 1 atom stereocenters. The van der Waals surface area contributed by atoms with Gasteiger partial charge < -0.3 is 35.5 Å². The van der Waals surface area contributed by atoms with Gasteiger partial charge in [0.15, 0.2) is 0 Å². The minimum atomic E-state index is -0.737. The van der Waals surface area contributed by atoms with E-state index in [1.807, 2.05) is 0 Å². The summed E-state index contributed by atoms with van der Waals surface area (Å²) in [5.74, 6) is -1.45. The first-order valence-electron chi connectivity index (χ1n) is 12.7. The number of ether oxygens (including phenoxy) is 3. The number of amides is 5. The van der Waals surface area contributed by atoms with Gasteiger partial charge in [-0.3, -0.25) is 29.3 Å². The first kappa shape index (κ1) is 28.5. The molecule has 0 aromatic heterocycles. The largest absolute Gasteiger partial charge is 0.495 e. The molecule has 0 radical (unpaired) electrons. The van der Waals surface area contributed by atoms with Gasteiger partial charge in [-0.15, -0.1) is 0 Å². The molecule has 0 spiro atoms. The Morgan fingerprint density at radius 2 is 1.90 bits per heavy atom. The molecule has 2 aliphatic rings. The van der Waals surface area contributed by atoms with Gasteiger partial charge in [0.2, 0.25) is 17.7 Å². The summed E-state index contributed by atoms with van der Waals surface area (Å²) in [6, 6.07) is 8.98. The summed E-state index contributed by atoms with van der Waals surface area (Å²) in [4.78, 5) is 62.7. The number of anilines is 2. The Bertz CT molecular complexity index is 1310. The summed E-state index contributed by atoms with van der Waals surface area (Å²) in [7, 11) is 1.47. The number of fused-ring (bicyclic) bond motifs is 1. The van der Waals surface area contributed by atoms with Gasteiger partial charge in [-0.2, -0.15) is 0 Å². The van der Waals surface area contributed by atoms with Crippen molar-refractivity contribution in [1.82, 2.24) is 15.5 Å². The van der Waals surface area contributed by atoms with Crippen LogP contribution in [-0.4, -0.2) is 80.6 Å². The van der Waals surface area contributed by atoms with E-state index in [4.69, 9.17) is 19.9 Å². The fraction of sp³-hybridized carbons (Fsp3) is 0.370. The van der Waals surface area contributed by atoms with Crippen LogP contribution in [-0.2, 0) is 30.4 Å². The minimum Gasteiger partial charge on any atom is -0.495 e. The third kappa shape index (κ3) is 6.74. The second-order valence-corrected chi connectivity index (χ2v) is 9.16. The Morgan fingerprint density at radius 1 is 1.10 bits per heavy atom. The summed E-state index contributed by atoms with van der Waals surface area (Å²) >= 11 is 0. The second kappa shape index (κ2) is 13.0. The second-order valence-electron chi connectivity index (χ2n) is 9.16. The van der Waals surface area contributed by atoms with Gasteiger partial charge in [-0.25, -0.2) is 0 Å². The number of nitrogens with one attached hydrogen (secondary N) is 3. The van der Waals surface area contributed by atoms with Crippen LogP contribution in [0.25, 0.3) is 0 Å². The third-order valence-electron chi connectivity index (χ3n) is 6.49. The van der Waals surface area contributed by atoms with E-state index in [9.17, 15) is 24.0 Å². The van der Waals surface area contributed by atoms with E-state index in [2.05, 4.69) is 16.0 Å². The third-order valence-corrected chi connectivity index (χ3v) is 6.49. The van der Waals surface area contributed by atoms with E-state index >= 15 is 0 Å². The van der Waals surface area contributed by atoms with Crippen molar-refractivity contribution in [1.29, 1.82) is 0 Å². The van der Waals surface area contributed by atoms with E-state index < -0.39 is 17.9 Å². The molecule has 40 heavy (non-hydrogen) atoms. The Labute approximate surface area is 230 Å². The van der Waals surface area contributed by atoms with Crippen molar-refractivity contribution in [2.24, 2.45) is 0 Å². The van der Waals surface area contributed by atoms with E-state index in [0.29, 0.717) is 33.8 Å². The first-order valence-corrected chi connectivity index (χ1v) is 12.7. The van der Waals surface area contributed by atoms with Crippen molar-refractivity contribution in [2.45, 2.75) is 25.4 Å². The SMILES string of the molecule is COc1cc(C(=O)NCCOCCOCC(=O)Nc2cccc3c2CN(C2CCC(=O)NC2=O)C3=O)ccc1N. The summed E-state index contributed by atoms with van der Waals surface area (Å²) in [5, 5.41) is 7.75. The van der Waals surface area contributed by atoms with E-state index in [-0.39, 0.29) is 70.1 Å². The van der Waals surface area contributed by atoms with Crippen LogP contribution in [0.15, 0.2) is 36.4 Å². The van der Waals surface area contributed by atoms with Gasteiger partial charge in [0.05, 0.1) is 32.6 Å². The number of carbonyl (C=O) groups excluding carboxylic acids is 5. The zero-order valence-electron chi connectivity index (χ0n) is 22.0. The van der Waals surface area contributed by atoms with Crippen molar-refractivity contribution in [2.75, 3.05) is 51.1 Å². The average molecular weight is 554 g/mol. The number of imide groups is 1. The maximum atomic E-state index is 12.9. The van der Waals surface area contributed by atoms with E-state index in [1.165, 1.54) is 12.0 Å². The number of carbonyl (C=O) groups is 5. The highest BCUT2D eigenvalue weighted by Gasteiger charge is 2.39. The summed E-state index contributed by atoms with van der Waals surface area (Å²) in [5.41, 5.74) is 8.07. The molecule has 4 rings (SSSR count). The van der Waals surface area contributed by atoms with Crippen LogP contribution in [0, 0.1) is 0 Å². The van der Waals surface area contributed by atoms with Crippen molar-refractivity contribution in [3.63, 3.8) is 0 Å². The normalized spacial score (nSPS) is 16.4. The first-order chi connectivity index (χ1) is 19.3. The molecule has 1 unspecified atom stereocenters. The molecule has 2 aromatic rings. The zero-order chi connectivity index (χ0) is 28.6. The molecule has 2 aliphatic heterocycles. The predicted molar refractivity (Wildman–Crippen MR) is 142 cm³/mol. The summed E-state index contributed by atoms with van der Waals surface area (Å²) in [6.45, 7) is 0.822. The topological polar surface area (TPSA) is 178 Å². The van der Waals surface area contributed by atoms with Gasteiger partial charge in [0.1, 0.15) is 18.4 Å². The standard InChI is InChI=1S/C27H31N5O8/c1-38-22-13-16(5-6-19(22)28)25(35)29-9-10-39-11-12-40-15-24(34)30-20-4-2-3-17-18(20)14-32(27(17)37)21-7-8-23(33)31-26(21)36/h2-6,13,21H,7-12,14-15,28H2,1H3,(H,29,35)(H,30,34)(H,31,33,36). The number of piperidine rings is 1. The number of methoxy groups -OCH3 is 1. The quantitative estimate of drug-likeness (QED) is 0.165. The Balaban J connectivity index is 1.15. The van der Waals surface area contributed by atoms with Gasteiger partial charge in [0, 0.05) is 41.9 Å². The van der Waals surface area contributed by atoms with Crippen LogP contribution in [0.2, 0.25) is 0 Å². The van der Waals surface area contributed by atoms with Gasteiger partial charge >= 0.3 is 0 Å². The van der Waals surface area contributed by atoms with Gasteiger partial charge in [-0.1, -0.05) is 6.07 Å². The number of benzene rings is 2. The highest BCUT2D eigenvalue weighted by molar-refractivity contribution is 6.06. The average Bonchev–Trinajstić information content (AvgIpc) is 3.27. The molecule has 1 saturated heterocycles. The maximum absolute atomic E-state index is 12.9. The number of nitrogens with zero attached hydrogens (tertiary/aromatic N) is 1. The maximum Gasteiger partial charge on any atom is 0.255 e. The van der Waals surface area contributed by atoms with Crippen LogP contribution < -0.4 is 26.4 Å². The fourth-order valence-electron chi connectivity index (χ4n) is 4.46. The molecule has 2 aromatic carbocycles. The molecule has 1 fully saturated rings. The molecule has 0 saturated carbocycles. The molecule has 0 aliphatic carbocycles. The van der Waals surface area contributed by atoms with Gasteiger partial charge in [-0.05, 0) is 36.8 Å². The lowest BCUT2D eigenvalue weighted by Crippen LogP contribution is -2.52. The molecule has 2 heterocycles. The molecule has 5 N–H and O–H groups in total. The van der Waals surface area contributed by atoms with Crippen molar-refractivity contribution < 1.29 is 38.2 Å². The van der Waals surface area contributed by atoms with Crippen LogP contribution in [0.4, 0.5) is 11.4 Å². The smallest absolute Gasteiger partial charge is 0.255 e. The number of hydrogen-bond acceptors (Lipinski definition) is 9. The Morgan fingerprint density at radius 3 is 2.67 bits per heavy atom. The van der Waals surface area contributed by atoms with Gasteiger partial charge in [0.25, 0.3) is 11.8 Å². The molecular formula is C27H31N5O8. The molecule has 212 valence electrons. The van der Waals surface area contributed by atoms with Crippen LogP contribution in [0.5, 0.6) is 5.75 Å². The van der Waals surface area contributed by atoms with Crippen LogP contribution in [0.1, 0.15) is 39.1 Å². The van der Waals surface area contributed by atoms with Crippen molar-refractivity contribution >= 4 is 40.9 Å². The number of hydrogen-bond donors (Lipinski definition) is 4. The van der Waals surface area contributed by atoms with E-state index in [1.54, 1.807) is 36.4 Å². The van der Waals surface area contributed by atoms with Crippen molar-refractivity contribution in [3.8, 4) is 5.75 Å². The zero-order valence-corrected chi connectivity index (χ0v) is 22.0. The monoisotopic (exact) mass is 553 g/mol. The highest BCUT2D eigenvalue weighted by Crippen LogP contribution is 2.32. The van der Waals surface area contributed by atoms with Crippen molar-refractivity contribution in [3.05, 3.63) is 53.1 Å². The minimum absolute atomic E-state index is 0.147. The molecular weight excluding hydrogens is 522 g/mol. The lowest BCUT2D eigenvalue weighted by atomic mass is 10.0. The predicted octanol–water partition coefficient (Wildman–Crippen LogP) is 0.440. The number of nitrogens with two attached hydrogens (primary N) is 1. The number of nitrogen functional groups attached to an aromatic ring is 1.